The van der Waals surface area contributed by atoms with E-state index in [4.69, 9.17) is 0 Å². The molecule has 0 atom stereocenters. The van der Waals surface area contributed by atoms with Gasteiger partial charge in [0.15, 0.2) is 0 Å². The van der Waals surface area contributed by atoms with Gasteiger partial charge in [0.25, 0.3) is 0 Å². The highest BCUT2D eigenvalue weighted by Crippen LogP contribution is 2.64. The zero-order valence-electron chi connectivity index (χ0n) is 22.3. The van der Waals surface area contributed by atoms with Crippen molar-refractivity contribution in [1.29, 1.82) is 0 Å². The lowest BCUT2D eigenvalue weighted by Crippen LogP contribution is -2.26. The Bertz CT molecular complexity index is 2130. The Balaban J connectivity index is 1.44. The summed E-state index contributed by atoms with van der Waals surface area (Å²) in [6, 6.07) is 52.4. The number of hydrogen-bond donors (Lipinski definition) is 0. The van der Waals surface area contributed by atoms with E-state index in [-0.39, 0.29) is 5.41 Å². The lowest BCUT2D eigenvalue weighted by atomic mass is 9.69. The average Bonchev–Trinajstić information content (AvgIpc) is 3.46. The van der Waals surface area contributed by atoms with Crippen LogP contribution in [0.2, 0.25) is 0 Å². The number of fused-ring (bicyclic) bond motifs is 13. The highest BCUT2D eigenvalue weighted by atomic mass is 14.5. The SMILES string of the molecule is Cc1cccc(-c2ccc3cc4c(cc3c2)C2(c3ccccc3-c3ccccc32)c2c-4ccc3ccccc23)c1. The molecule has 0 nitrogen and oxygen atoms in total. The van der Waals surface area contributed by atoms with Crippen LogP contribution in [0, 0.1) is 6.92 Å². The van der Waals surface area contributed by atoms with Crippen LogP contribution < -0.4 is 0 Å². The van der Waals surface area contributed by atoms with Crippen LogP contribution in [0.15, 0.2) is 140 Å². The summed E-state index contributed by atoms with van der Waals surface area (Å²) in [5, 5.41) is 5.20. The van der Waals surface area contributed by atoms with E-state index in [9.17, 15) is 0 Å². The van der Waals surface area contributed by atoms with Crippen molar-refractivity contribution >= 4 is 21.5 Å². The van der Waals surface area contributed by atoms with Gasteiger partial charge in [-0.2, -0.15) is 0 Å². The van der Waals surface area contributed by atoms with E-state index in [1.54, 1.807) is 0 Å². The van der Waals surface area contributed by atoms with Crippen molar-refractivity contribution in [2.45, 2.75) is 12.3 Å². The number of hydrogen-bond acceptors (Lipinski definition) is 0. The van der Waals surface area contributed by atoms with Gasteiger partial charge in [0, 0.05) is 0 Å². The molecule has 0 radical (unpaired) electrons. The molecule has 0 heteroatoms. The molecule has 0 N–H and O–H groups in total. The maximum atomic E-state index is 2.50. The first-order valence-corrected chi connectivity index (χ1v) is 14.1. The lowest BCUT2D eigenvalue weighted by molar-refractivity contribution is 0.802. The fourth-order valence-electron chi connectivity index (χ4n) is 7.66. The Morgan fingerprint density at radius 3 is 1.90 bits per heavy atom. The highest BCUT2D eigenvalue weighted by molar-refractivity contribution is 6.06. The van der Waals surface area contributed by atoms with Crippen molar-refractivity contribution in [2.24, 2.45) is 0 Å². The van der Waals surface area contributed by atoms with Crippen molar-refractivity contribution < 1.29 is 0 Å². The van der Waals surface area contributed by atoms with Gasteiger partial charge in [-0.05, 0) is 102 Å². The molecular formula is C40H26. The zero-order chi connectivity index (χ0) is 26.4. The summed E-state index contributed by atoms with van der Waals surface area (Å²) in [7, 11) is 0. The third-order valence-electron chi connectivity index (χ3n) is 9.28. The molecular weight excluding hydrogens is 480 g/mol. The molecule has 40 heavy (non-hydrogen) atoms. The van der Waals surface area contributed by atoms with Gasteiger partial charge in [-0.25, -0.2) is 0 Å². The first-order valence-electron chi connectivity index (χ1n) is 14.1. The third kappa shape index (κ3) is 2.71. The Kier molecular flexibility index (Phi) is 4.28. The molecule has 0 heterocycles. The van der Waals surface area contributed by atoms with Crippen molar-refractivity contribution in [2.75, 3.05) is 0 Å². The maximum absolute atomic E-state index is 2.50. The van der Waals surface area contributed by atoms with Crippen LogP contribution in [0.1, 0.15) is 27.8 Å². The second-order valence-electron chi connectivity index (χ2n) is 11.4. The largest absolute Gasteiger partial charge is 0.0731 e. The van der Waals surface area contributed by atoms with E-state index in [2.05, 4.69) is 146 Å². The van der Waals surface area contributed by atoms with Gasteiger partial charge < -0.3 is 0 Å². The van der Waals surface area contributed by atoms with Crippen molar-refractivity contribution in [3.05, 3.63) is 167 Å². The fourth-order valence-corrected chi connectivity index (χ4v) is 7.66. The summed E-state index contributed by atoms with van der Waals surface area (Å²) in [6.07, 6.45) is 0. The molecule has 0 saturated heterocycles. The van der Waals surface area contributed by atoms with Crippen LogP contribution in [-0.4, -0.2) is 0 Å². The normalized spacial score (nSPS) is 13.8. The Labute approximate surface area is 234 Å². The van der Waals surface area contributed by atoms with Gasteiger partial charge in [-0.15, -0.1) is 0 Å². The van der Waals surface area contributed by atoms with Crippen molar-refractivity contribution in [1.82, 2.24) is 0 Å². The molecule has 2 aliphatic rings. The predicted molar refractivity (Wildman–Crippen MR) is 168 cm³/mol. The van der Waals surface area contributed by atoms with Crippen LogP contribution in [0.5, 0.6) is 0 Å². The second-order valence-corrected chi connectivity index (χ2v) is 11.4. The van der Waals surface area contributed by atoms with Gasteiger partial charge in [-0.3, -0.25) is 0 Å². The van der Waals surface area contributed by atoms with E-state index in [0.29, 0.717) is 0 Å². The molecule has 0 unspecified atom stereocenters. The van der Waals surface area contributed by atoms with E-state index >= 15 is 0 Å². The summed E-state index contributed by atoms with van der Waals surface area (Å²) in [5.41, 5.74) is 14.4. The molecule has 0 bridgehead atoms. The van der Waals surface area contributed by atoms with Crippen LogP contribution in [0.25, 0.3) is 54.9 Å². The third-order valence-corrected chi connectivity index (χ3v) is 9.28. The Hall–Kier alpha value is -4.94. The van der Waals surface area contributed by atoms with Crippen molar-refractivity contribution in [3.8, 4) is 33.4 Å². The fraction of sp³-hybridized carbons (Fsp3) is 0.0500. The Morgan fingerprint density at radius 1 is 0.400 bits per heavy atom. The molecule has 7 aromatic rings. The minimum absolute atomic E-state index is 0.355. The number of aryl methyl sites for hydroxylation is 1. The van der Waals surface area contributed by atoms with Gasteiger partial charge in [0.2, 0.25) is 0 Å². The van der Waals surface area contributed by atoms with Crippen LogP contribution in [0.3, 0.4) is 0 Å². The van der Waals surface area contributed by atoms with Crippen LogP contribution in [-0.2, 0) is 5.41 Å². The zero-order valence-corrected chi connectivity index (χ0v) is 22.3. The molecule has 0 fully saturated rings. The maximum Gasteiger partial charge on any atom is 0.0731 e. The lowest BCUT2D eigenvalue weighted by Gasteiger charge is -2.31. The quantitative estimate of drug-likeness (QED) is 0.208. The highest BCUT2D eigenvalue weighted by Gasteiger charge is 2.52. The van der Waals surface area contributed by atoms with Gasteiger partial charge in [0.05, 0.1) is 5.41 Å². The average molecular weight is 507 g/mol. The summed E-state index contributed by atoms with van der Waals surface area (Å²) in [4.78, 5) is 0. The van der Waals surface area contributed by atoms with E-state index in [1.165, 1.54) is 82.7 Å². The molecule has 9 rings (SSSR count). The van der Waals surface area contributed by atoms with Crippen LogP contribution >= 0.6 is 0 Å². The molecule has 7 aromatic carbocycles. The van der Waals surface area contributed by atoms with Gasteiger partial charge in [-0.1, -0.05) is 127 Å². The summed E-state index contributed by atoms with van der Waals surface area (Å²) in [5.74, 6) is 0. The Morgan fingerprint density at radius 2 is 1.10 bits per heavy atom. The number of benzene rings is 7. The minimum Gasteiger partial charge on any atom is -0.0619 e. The summed E-state index contributed by atoms with van der Waals surface area (Å²) < 4.78 is 0. The molecule has 0 aromatic heterocycles. The smallest absolute Gasteiger partial charge is 0.0619 e. The topological polar surface area (TPSA) is 0 Å². The minimum atomic E-state index is -0.355. The molecule has 0 saturated carbocycles. The molecule has 1 spiro atoms. The standard InChI is InChI=1S/C40H26/c1-25-9-8-11-27(21-25)28-17-18-29-23-35-34-20-19-26-10-2-3-12-31(26)39(34)40(38(35)24-30(29)22-28)36-15-6-4-13-32(36)33-14-5-7-16-37(33)40/h2-24H,1H3. The van der Waals surface area contributed by atoms with Gasteiger partial charge >= 0.3 is 0 Å². The van der Waals surface area contributed by atoms with E-state index in [1.807, 2.05) is 0 Å². The first-order chi connectivity index (χ1) is 19.7. The van der Waals surface area contributed by atoms with E-state index in [0.717, 1.165) is 0 Å². The number of rotatable bonds is 1. The summed E-state index contributed by atoms with van der Waals surface area (Å²) >= 11 is 0. The summed E-state index contributed by atoms with van der Waals surface area (Å²) in [6.45, 7) is 2.16. The van der Waals surface area contributed by atoms with Crippen LogP contribution in [0.4, 0.5) is 0 Å². The second kappa shape index (κ2) is 7.81. The molecule has 0 aliphatic heterocycles. The predicted octanol–water partition coefficient (Wildman–Crippen LogP) is 10.3. The molecule has 2 aliphatic carbocycles. The molecule has 0 amide bonds. The van der Waals surface area contributed by atoms with Gasteiger partial charge in [0.1, 0.15) is 0 Å². The van der Waals surface area contributed by atoms with E-state index < -0.39 is 0 Å². The van der Waals surface area contributed by atoms with Crippen molar-refractivity contribution in [3.63, 3.8) is 0 Å². The monoisotopic (exact) mass is 506 g/mol. The first kappa shape index (κ1) is 21.9. The molecule has 186 valence electrons.